The van der Waals surface area contributed by atoms with Gasteiger partial charge < -0.3 is 9.84 Å². The third-order valence-corrected chi connectivity index (χ3v) is 1.93. The summed E-state index contributed by atoms with van der Waals surface area (Å²) < 4.78 is 64.4. The van der Waals surface area contributed by atoms with Gasteiger partial charge >= 0.3 is 12.3 Å². The Hall–Kier alpha value is -1.93. The van der Waals surface area contributed by atoms with Crippen molar-refractivity contribution < 1.29 is 36.6 Å². The van der Waals surface area contributed by atoms with Crippen LogP contribution in [-0.4, -0.2) is 22.4 Å². The number of alkyl halides is 5. The molecule has 0 amide bonds. The SMILES string of the molecule is Cc1c(C(F)F)cc(C(=O)O)nc1OC(F)(F)F. The second-order valence-corrected chi connectivity index (χ2v) is 3.18. The molecular formula is C9H6F5NO3. The van der Waals surface area contributed by atoms with E-state index in [1.54, 1.807) is 0 Å². The Morgan fingerprint density at radius 2 is 2.00 bits per heavy atom. The number of rotatable bonds is 3. The predicted molar refractivity (Wildman–Crippen MR) is 47.6 cm³/mol. The van der Waals surface area contributed by atoms with E-state index in [1.165, 1.54) is 0 Å². The fraction of sp³-hybridized carbons (Fsp3) is 0.333. The molecule has 0 aliphatic carbocycles. The lowest BCUT2D eigenvalue weighted by Gasteiger charge is -2.13. The number of hydrogen-bond acceptors (Lipinski definition) is 3. The number of aromatic carboxylic acids is 1. The van der Waals surface area contributed by atoms with Crippen LogP contribution in [0.3, 0.4) is 0 Å². The van der Waals surface area contributed by atoms with Gasteiger partial charge in [-0.05, 0) is 13.0 Å². The van der Waals surface area contributed by atoms with Gasteiger partial charge in [0.05, 0.1) is 0 Å². The highest BCUT2D eigenvalue weighted by molar-refractivity contribution is 5.85. The Morgan fingerprint density at radius 3 is 2.39 bits per heavy atom. The third-order valence-electron chi connectivity index (χ3n) is 1.93. The maximum Gasteiger partial charge on any atom is 0.574 e. The molecule has 1 heterocycles. The first-order valence-corrected chi connectivity index (χ1v) is 4.40. The second-order valence-electron chi connectivity index (χ2n) is 3.18. The topological polar surface area (TPSA) is 59.4 Å². The zero-order chi connectivity index (χ0) is 14.1. The fourth-order valence-electron chi connectivity index (χ4n) is 1.15. The van der Waals surface area contributed by atoms with E-state index in [2.05, 4.69) is 9.72 Å². The van der Waals surface area contributed by atoms with Crippen molar-refractivity contribution in [1.82, 2.24) is 4.98 Å². The van der Waals surface area contributed by atoms with Crippen LogP contribution >= 0.6 is 0 Å². The normalized spacial score (nSPS) is 11.7. The van der Waals surface area contributed by atoms with E-state index in [0.29, 0.717) is 6.07 Å². The molecule has 0 spiro atoms. The Bertz CT molecular complexity index is 472. The quantitative estimate of drug-likeness (QED) is 0.859. The summed E-state index contributed by atoms with van der Waals surface area (Å²) >= 11 is 0. The molecule has 0 bridgehead atoms. The van der Waals surface area contributed by atoms with Gasteiger partial charge in [-0.2, -0.15) is 0 Å². The average Bonchev–Trinajstić information content (AvgIpc) is 2.18. The first kappa shape index (κ1) is 14.1. The van der Waals surface area contributed by atoms with Crippen LogP contribution in [0.2, 0.25) is 0 Å². The molecule has 0 atom stereocenters. The maximum atomic E-state index is 12.5. The van der Waals surface area contributed by atoms with Crippen LogP contribution in [0.15, 0.2) is 6.07 Å². The van der Waals surface area contributed by atoms with Crippen LogP contribution < -0.4 is 4.74 Å². The molecule has 0 aromatic carbocycles. The Kier molecular flexibility index (Phi) is 3.73. The average molecular weight is 271 g/mol. The van der Waals surface area contributed by atoms with Gasteiger partial charge in [-0.15, -0.1) is 13.2 Å². The summed E-state index contributed by atoms with van der Waals surface area (Å²) in [5.74, 6) is -2.93. The summed E-state index contributed by atoms with van der Waals surface area (Å²) in [6.45, 7) is 0.932. The van der Waals surface area contributed by atoms with Crippen LogP contribution in [0.5, 0.6) is 5.88 Å². The van der Waals surface area contributed by atoms with Gasteiger partial charge in [0.15, 0.2) is 5.69 Å². The lowest BCUT2D eigenvalue weighted by atomic mass is 10.1. The van der Waals surface area contributed by atoms with E-state index < -0.39 is 41.5 Å². The molecule has 0 fully saturated rings. The number of nitrogens with zero attached hydrogens (tertiary/aromatic N) is 1. The van der Waals surface area contributed by atoms with Crippen LogP contribution in [0.4, 0.5) is 22.0 Å². The summed E-state index contributed by atoms with van der Waals surface area (Å²) in [4.78, 5) is 13.6. The number of carboxylic acid groups (broad SMARTS) is 1. The Morgan fingerprint density at radius 1 is 1.44 bits per heavy atom. The van der Waals surface area contributed by atoms with Crippen molar-refractivity contribution >= 4 is 5.97 Å². The molecule has 1 rings (SSSR count). The van der Waals surface area contributed by atoms with Gasteiger partial charge in [-0.1, -0.05) is 0 Å². The third kappa shape index (κ3) is 3.28. The van der Waals surface area contributed by atoms with Crippen LogP contribution in [0.1, 0.15) is 28.0 Å². The largest absolute Gasteiger partial charge is 0.574 e. The minimum atomic E-state index is -5.14. The van der Waals surface area contributed by atoms with Crippen LogP contribution in [0, 0.1) is 6.92 Å². The van der Waals surface area contributed by atoms with Gasteiger partial charge in [-0.25, -0.2) is 18.6 Å². The van der Waals surface area contributed by atoms with Crippen molar-refractivity contribution in [2.45, 2.75) is 19.7 Å². The predicted octanol–water partition coefficient (Wildman–Crippen LogP) is 2.92. The van der Waals surface area contributed by atoms with Gasteiger partial charge in [0.25, 0.3) is 6.43 Å². The molecule has 4 nitrogen and oxygen atoms in total. The van der Waals surface area contributed by atoms with E-state index in [-0.39, 0.29) is 0 Å². The minimum absolute atomic E-state index is 0.506. The summed E-state index contributed by atoms with van der Waals surface area (Å²) in [5.41, 5.74) is -2.39. The number of carboxylic acids is 1. The van der Waals surface area contributed by atoms with Gasteiger partial charge in [-0.3, -0.25) is 0 Å². The first-order chi connectivity index (χ1) is 8.11. The summed E-state index contributed by atoms with van der Waals surface area (Å²) in [6.07, 6.45) is -8.28. The molecular weight excluding hydrogens is 265 g/mol. The van der Waals surface area contributed by atoms with Gasteiger partial charge in [0, 0.05) is 11.1 Å². The van der Waals surface area contributed by atoms with Gasteiger partial charge in [0.1, 0.15) is 0 Å². The molecule has 0 aliphatic rings. The van der Waals surface area contributed by atoms with Crippen LogP contribution in [0.25, 0.3) is 0 Å². The highest BCUT2D eigenvalue weighted by Gasteiger charge is 2.34. The van der Waals surface area contributed by atoms with E-state index in [0.717, 1.165) is 6.92 Å². The maximum absolute atomic E-state index is 12.5. The van der Waals surface area contributed by atoms with Crippen LogP contribution in [-0.2, 0) is 0 Å². The van der Waals surface area contributed by atoms with Crippen molar-refractivity contribution in [3.63, 3.8) is 0 Å². The van der Waals surface area contributed by atoms with E-state index in [1.807, 2.05) is 0 Å². The number of halogens is 5. The molecule has 1 aromatic heterocycles. The van der Waals surface area contributed by atoms with E-state index >= 15 is 0 Å². The Labute approximate surface area is 97.0 Å². The lowest BCUT2D eigenvalue weighted by molar-refractivity contribution is -0.276. The standard InChI is InChI=1S/C9H6F5NO3/c1-3-4(6(10)11)2-5(8(16)17)15-7(3)18-9(12,13)14/h2,6H,1H3,(H,16,17). The van der Waals surface area contributed by atoms with Crippen molar-refractivity contribution in [2.24, 2.45) is 0 Å². The molecule has 1 aromatic rings. The molecule has 1 N–H and O–H groups in total. The fourth-order valence-corrected chi connectivity index (χ4v) is 1.15. The number of ether oxygens (including phenoxy) is 1. The molecule has 0 radical (unpaired) electrons. The highest BCUT2D eigenvalue weighted by Crippen LogP contribution is 2.31. The van der Waals surface area contributed by atoms with Crippen molar-refractivity contribution in [3.05, 3.63) is 22.9 Å². The molecule has 0 saturated heterocycles. The molecule has 100 valence electrons. The molecule has 0 saturated carbocycles. The summed E-state index contributed by atoms with van der Waals surface area (Å²) in [5, 5.41) is 8.56. The zero-order valence-corrected chi connectivity index (χ0v) is 8.76. The highest BCUT2D eigenvalue weighted by atomic mass is 19.4. The minimum Gasteiger partial charge on any atom is -0.477 e. The van der Waals surface area contributed by atoms with Crippen molar-refractivity contribution in [1.29, 1.82) is 0 Å². The van der Waals surface area contributed by atoms with E-state index in [9.17, 15) is 26.7 Å². The monoisotopic (exact) mass is 271 g/mol. The lowest BCUT2D eigenvalue weighted by Crippen LogP contribution is -2.20. The van der Waals surface area contributed by atoms with Gasteiger partial charge in [0.2, 0.25) is 5.88 Å². The zero-order valence-electron chi connectivity index (χ0n) is 8.76. The second kappa shape index (κ2) is 4.75. The number of aromatic nitrogens is 1. The number of pyridine rings is 1. The number of hydrogen-bond donors (Lipinski definition) is 1. The van der Waals surface area contributed by atoms with Crippen molar-refractivity contribution in [3.8, 4) is 5.88 Å². The Balaban J connectivity index is 3.36. The molecule has 9 heteroatoms. The number of carbonyl (C=O) groups is 1. The molecule has 0 aliphatic heterocycles. The summed E-state index contributed by atoms with van der Waals surface area (Å²) in [6, 6.07) is 0.506. The first-order valence-electron chi connectivity index (χ1n) is 4.40. The van der Waals surface area contributed by atoms with E-state index in [4.69, 9.17) is 5.11 Å². The summed E-state index contributed by atoms with van der Waals surface area (Å²) in [7, 11) is 0. The smallest absolute Gasteiger partial charge is 0.477 e. The van der Waals surface area contributed by atoms with Crippen molar-refractivity contribution in [2.75, 3.05) is 0 Å². The molecule has 0 unspecified atom stereocenters. The molecule has 18 heavy (non-hydrogen) atoms.